The Morgan fingerprint density at radius 3 is 2.89 bits per heavy atom. The molecule has 4 heteroatoms. The molecule has 1 aliphatic rings. The van der Waals surface area contributed by atoms with Crippen molar-refractivity contribution < 1.29 is 0 Å². The van der Waals surface area contributed by atoms with Gasteiger partial charge in [0.1, 0.15) is 5.00 Å². The summed E-state index contributed by atoms with van der Waals surface area (Å²) in [5.74, 6) is 0. The summed E-state index contributed by atoms with van der Waals surface area (Å²) in [5.41, 5.74) is 1.10. The zero-order valence-corrected chi connectivity index (χ0v) is 12.2. The normalized spacial score (nSPS) is 18.6. The maximum Gasteiger partial charge on any atom is 0.117 e. The molecule has 3 rings (SSSR count). The van der Waals surface area contributed by atoms with Crippen LogP contribution in [-0.2, 0) is 0 Å². The van der Waals surface area contributed by atoms with Crippen molar-refractivity contribution in [1.82, 2.24) is 9.27 Å². The van der Waals surface area contributed by atoms with Gasteiger partial charge in [0.25, 0.3) is 0 Å². The summed E-state index contributed by atoms with van der Waals surface area (Å²) in [6.45, 7) is 5.84. The Balaban J connectivity index is 1.62. The third-order valence-corrected chi connectivity index (χ3v) is 4.79. The van der Waals surface area contributed by atoms with Gasteiger partial charge in [0, 0.05) is 18.0 Å². The summed E-state index contributed by atoms with van der Waals surface area (Å²) in [7, 11) is 0. The van der Waals surface area contributed by atoms with E-state index in [2.05, 4.69) is 39.7 Å². The molecule has 1 aromatic carbocycles. The fraction of sp³-hybridized carbons (Fsp3) is 0.533. The van der Waals surface area contributed by atoms with E-state index in [1.165, 1.54) is 42.7 Å². The fourth-order valence-electron chi connectivity index (χ4n) is 2.75. The fourth-order valence-corrected chi connectivity index (χ4v) is 3.51. The minimum atomic E-state index is 0.598. The topological polar surface area (TPSA) is 28.2 Å². The first-order valence-electron chi connectivity index (χ1n) is 7.17. The molecule has 0 radical (unpaired) electrons. The highest BCUT2D eigenvalue weighted by Crippen LogP contribution is 2.27. The molecular weight excluding hydrogens is 254 g/mol. The molecule has 1 aliphatic heterocycles. The first-order chi connectivity index (χ1) is 9.34. The van der Waals surface area contributed by atoms with Gasteiger partial charge >= 0.3 is 0 Å². The second-order valence-electron chi connectivity index (χ2n) is 5.36. The number of piperidine rings is 1. The van der Waals surface area contributed by atoms with E-state index >= 15 is 0 Å². The molecule has 19 heavy (non-hydrogen) atoms. The van der Waals surface area contributed by atoms with Crippen molar-refractivity contribution in [1.29, 1.82) is 0 Å². The molecule has 0 bridgehead atoms. The third kappa shape index (κ3) is 2.90. The molecule has 1 unspecified atom stereocenters. The molecule has 0 saturated carbocycles. The van der Waals surface area contributed by atoms with Crippen molar-refractivity contribution in [3.8, 4) is 0 Å². The molecule has 2 heterocycles. The summed E-state index contributed by atoms with van der Waals surface area (Å²) < 4.78 is 4.47. The van der Waals surface area contributed by atoms with Crippen LogP contribution in [0.2, 0.25) is 0 Å². The first-order valence-corrected chi connectivity index (χ1v) is 7.94. The number of aromatic nitrogens is 1. The molecule has 1 N–H and O–H groups in total. The van der Waals surface area contributed by atoms with Crippen LogP contribution in [0.1, 0.15) is 26.2 Å². The molecule has 2 aromatic rings. The quantitative estimate of drug-likeness (QED) is 0.924. The maximum atomic E-state index is 4.47. The lowest BCUT2D eigenvalue weighted by Crippen LogP contribution is -2.41. The van der Waals surface area contributed by atoms with Crippen LogP contribution in [0, 0.1) is 0 Å². The van der Waals surface area contributed by atoms with E-state index in [9.17, 15) is 0 Å². The number of anilines is 1. The van der Waals surface area contributed by atoms with E-state index in [0.717, 1.165) is 12.1 Å². The van der Waals surface area contributed by atoms with Crippen LogP contribution in [0.25, 0.3) is 10.9 Å². The first kappa shape index (κ1) is 12.9. The minimum absolute atomic E-state index is 0.598. The Bertz CT molecular complexity index is 531. The average molecular weight is 275 g/mol. The smallest absolute Gasteiger partial charge is 0.117 e. The van der Waals surface area contributed by atoms with Crippen LogP contribution in [0.4, 0.5) is 5.00 Å². The summed E-state index contributed by atoms with van der Waals surface area (Å²) in [4.78, 5) is 2.60. The molecular formula is C15H21N3S. The van der Waals surface area contributed by atoms with Gasteiger partial charge in [-0.3, -0.25) is 4.90 Å². The molecule has 1 atom stereocenters. The lowest BCUT2D eigenvalue weighted by atomic mass is 10.1. The molecule has 0 amide bonds. The Morgan fingerprint density at radius 2 is 2.05 bits per heavy atom. The average Bonchev–Trinajstić information content (AvgIpc) is 2.89. The van der Waals surface area contributed by atoms with Crippen LogP contribution < -0.4 is 5.32 Å². The van der Waals surface area contributed by atoms with Crippen LogP contribution in [0.15, 0.2) is 24.3 Å². The van der Waals surface area contributed by atoms with E-state index in [-0.39, 0.29) is 0 Å². The highest BCUT2D eigenvalue weighted by molar-refractivity contribution is 7.11. The highest BCUT2D eigenvalue weighted by Gasteiger charge is 2.16. The van der Waals surface area contributed by atoms with Gasteiger partial charge in [-0.25, -0.2) is 0 Å². The van der Waals surface area contributed by atoms with Crippen molar-refractivity contribution >= 4 is 27.4 Å². The van der Waals surface area contributed by atoms with Gasteiger partial charge in [0.05, 0.1) is 5.52 Å². The van der Waals surface area contributed by atoms with Crippen molar-refractivity contribution in [3.63, 3.8) is 0 Å². The zero-order chi connectivity index (χ0) is 13.1. The summed E-state index contributed by atoms with van der Waals surface area (Å²) in [6, 6.07) is 8.94. The lowest BCUT2D eigenvalue weighted by Gasteiger charge is -2.32. The second-order valence-corrected chi connectivity index (χ2v) is 6.13. The molecule has 0 spiro atoms. The number of nitrogens with zero attached hydrogens (tertiary/aromatic N) is 2. The Morgan fingerprint density at radius 1 is 1.26 bits per heavy atom. The number of hydrogen-bond acceptors (Lipinski definition) is 4. The molecule has 1 fully saturated rings. The summed E-state index contributed by atoms with van der Waals surface area (Å²) in [5, 5.41) is 6.04. The van der Waals surface area contributed by atoms with Crippen LogP contribution in [-0.4, -0.2) is 34.9 Å². The molecule has 1 saturated heterocycles. The third-order valence-electron chi connectivity index (χ3n) is 3.96. The predicted octanol–water partition coefficient (Wildman–Crippen LogP) is 3.58. The van der Waals surface area contributed by atoms with Gasteiger partial charge in [-0.05, 0) is 56.5 Å². The molecule has 102 valence electrons. The predicted molar refractivity (Wildman–Crippen MR) is 83.0 cm³/mol. The van der Waals surface area contributed by atoms with E-state index in [1.807, 2.05) is 6.07 Å². The molecule has 1 aromatic heterocycles. The van der Waals surface area contributed by atoms with Gasteiger partial charge in [0.15, 0.2) is 0 Å². The van der Waals surface area contributed by atoms with Gasteiger partial charge in [-0.1, -0.05) is 18.6 Å². The second kappa shape index (κ2) is 5.88. The number of likely N-dealkylation sites (tertiary alicyclic amines) is 1. The van der Waals surface area contributed by atoms with Gasteiger partial charge in [0.2, 0.25) is 0 Å². The Hall–Kier alpha value is -1.13. The highest BCUT2D eigenvalue weighted by atomic mass is 32.1. The zero-order valence-electron chi connectivity index (χ0n) is 11.4. The number of nitrogens with one attached hydrogen (secondary N) is 1. The maximum absolute atomic E-state index is 4.47. The van der Waals surface area contributed by atoms with E-state index < -0.39 is 0 Å². The van der Waals surface area contributed by atoms with Crippen molar-refractivity contribution in [3.05, 3.63) is 24.3 Å². The lowest BCUT2D eigenvalue weighted by molar-refractivity contribution is 0.181. The number of rotatable bonds is 4. The van der Waals surface area contributed by atoms with E-state index in [4.69, 9.17) is 0 Å². The molecule has 3 nitrogen and oxygen atoms in total. The van der Waals surface area contributed by atoms with Gasteiger partial charge in [-0.2, -0.15) is 4.37 Å². The largest absolute Gasteiger partial charge is 0.374 e. The SMILES string of the molecule is CC(CNc1snc2ccccc12)N1CCCCC1. The van der Waals surface area contributed by atoms with Crippen LogP contribution in [0.5, 0.6) is 0 Å². The standard InChI is InChI=1S/C15H21N3S/c1-12(18-9-5-2-6-10-18)11-16-15-13-7-3-4-8-14(13)17-19-15/h3-4,7-8,12,16H,2,5-6,9-11H2,1H3. The van der Waals surface area contributed by atoms with Crippen molar-refractivity contribution in [2.24, 2.45) is 0 Å². The van der Waals surface area contributed by atoms with Crippen LogP contribution >= 0.6 is 11.5 Å². The number of benzene rings is 1. The summed E-state index contributed by atoms with van der Waals surface area (Å²) in [6.07, 6.45) is 4.11. The van der Waals surface area contributed by atoms with Crippen molar-refractivity contribution in [2.45, 2.75) is 32.2 Å². The van der Waals surface area contributed by atoms with Gasteiger partial charge < -0.3 is 5.32 Å². The van der Waals surface area contributed by atoms with Crippen molar-refractivity contribution in [2.75, 3.05) is 25.0 Å². The van der Waals surface area contributed by atoms with E-state index in [1.54, 1.807) is 11.5 Å². The number of hydrogen-bond donors (Lipinski definition) is 1. The number of fused-ring (bicyclic) bond motifs is 1. The monoisotopic (exact) mass is 275 g/mol. The summed E-state index contributed by atoms with van der Waals surface area (Å²) >= 11 is 1.57. The minimum Gasteiger partial charge on any atom is -0.374 e. The molecule has 0 aliphatic carbocycles. The van der Waals surface area contributed by atoms with Gasteiger partial charge in [-0.15, -0.1) is 0 Å². The Labute approximate surface area is 118 Å². The van der Waals surface area contributed by atoms with Crippen LogP contribution in [0.3, 0.4) is 0 Å². The van der Waals surface area contributed by atoms with E-state index in [0.29, 0.717) is 6.04 Å². The Kier molecular flexibility index (Phi) is 3.99.